The Bertz CT molecular complexity index is 554. The van der Waals surface area contributed by atoms with Crippen LogP contribution in [0.3, 0.4) is 0 Å². The van der Waals surface area contributed by atoms with E-state index in [1.165, 1.54) is 4.88 Å². The van der Waals surface area contributed by atoms with Crippen LogP contribution < -0.4 is 14.8 Å². The second-order valence-electron chi connectivity index (χ2n) is 4.04. The lowest BCUT2D eigenvalue weighted by molar-refractivity contribution is 0.174. The molecule has 0 unspecified atom stereocenters. The number of nitrogens with one attached hydrogen (secondary N) is 1. The molecule has 0 saturated heterocycles. The molecule has 0 saturated carbocycles. The zero-order valence-electron chi connectivity index (χ0n) is 10.1. The summed E-state index contributed by atoms with van der Waals surface area (Å²) in [6.07, 6.45) is 2.89. The van der Waals surface area contributed by atoms with Gasteiger partial charge < -0.3 is 14.8 Å². The molecule has 0 spiro atoms. The van der Waals surface area contributed by atoms with E-state index in [0.717, 1.165) is 35.0 Å². The molecular weight excluding hydrogens is 248 g/mol. The predicted molar refractivity (Wildman–Crippen MR) is 71.3 cm³/mol. The van der Waals surface area contributed by atoms with Crippen LogP contribution in [0, 0.1) is 0 Å². The summed E-state index contributed by atoms with van der Waals surface area (Å²) in [6.45, 7) is 1.27. The number of aromatic nitrogens is 1. The van der Waals surface area contributed by atoms with E-state index in [9.17, 15) is 0 Å². The SMILES string of the molecule is CNCCc1ncc(-c2ccc3c(c2)OCO3)s1. The highest BCUT2D eigenvalue weighted by atomic mass is 32.1. The highest BCUT2D eigenvalue weighted by Crippen LogP contribution is 2.37. The molecule has 0 radical (unpaired) electrons. The van der Waals surface area contributed by atoms with Crippen molar-refractivity contribution in [3.05, 3.63) is 29.4 Å². The fourth-order valence-corrected chi connectivity index (χ4v) is 2.75. The number of likely N-dealkylation sites (N-methyl/N-ethyl adjacent to an activating group) is 1. The van der Waals surface area contributed by atoms with Crippen molar-refractivity contribution in [1.82, 2.24) is 10.3 Å². The van der Waals surface area contributed by atoms with E-state index in [1.807, 2.05) is 31.4 Å². The summed E-state index contributed by atoms with van der Waals surface area (Å²) < 4.78 is 10.7. The first-order valence-electron chi connectivity index (χ1n) is 5.86. The zero-order valence-corrected chi connectivity index (χ0v) is 10.9. The number of hydrogen-bond donors (Lipinski definition) is 1. The van der Waals surface area contributed by atoms with Crippen molar-refractivity contribution in [1.29, 1.82) is 0 Å². The first-order chi connectivity index (χ1) is 8.86. The Morgan fingerprint density at radius 3 is 3.11 bits per heavy atom. The molecule has 2 aromatic rings. The van der Waals surface area contributed by atoms with E-state index in [0.29, 0.717) is 6.79 Å². The molecule has 94 valence electrons. The van der Waals surface area contributed by atoms with Gasteiger partial charge in [-0.3, -0.25) is 0 Å². The standard InChI is InChI=1S/C13H14N2O2S/c1-14-5-4-13-15-7-12(18-13)9-2-3-10-11(6-9)17-8-16-10/h2-3,6-7,14H,4-5,8H2,1H3. The van der Waals surface area contributed by atoms with Crippen molar-refractivity contribution in [3.8, 4) is 21.9 Å². The van der Waals surface area contributed by atoms with Gasteiger partial charge in [0.25, 0.3) is 0 Å². The lowest BCUT2D eigenvalue weighted by Crippen LogP contribution is -2.09. The van der Waals surface area contributed by atoms with E-state index in [2.05, 4.69) is 10.3 Å². The van der Waals surface area contributed by atoms with Crippen LogP contribution in [0.4, 0.5) is 0 Å². The first-order valence-corrected chi connectivity index (χ1v) is 6.68. The number of fused-ring (bicyclic) bond motifs is 1. The number of hydrogen-bond acceptors (Lipinski definition) is 5. The minimum absolute atomic E-state index is 0.314. The topological polar surface area (TPSA) is 43.4 Å². The fourth-order valence-electron chi connectivity index (χ4n) is 1.84. The Morgan fingerprint density at radius 2 is 2.22 bits per heavy atom. The molecule has 0 amide bonds. The molecule has 3 rings (SSSR count). The summed E-state index contributed by atoms with van der Waals surface area (Å²) in [5.41, 5.74) is 1.13. The highest BCUT2D eigenvalue weighted by molar-refractivity contribution is 7.15. The summed E-state index contributed by atoms with van der Waals surface area (Å²) in [5, 5.41) is 4.28. The van der Waals surface area contributed by atoms with Gasteiger partial charge in [0.05, 0.1) is 9.88 Å². The van der Waals surface area contributed by atoms with Gasteiger partial charge in [-0.15, -0.1) is 11.3 Å². The fraction of sp³-hybridized carbons (Fsp3) is 0.308. The molecule has 4 nitrogen and oxygen atoms in total. The van der Waals surface area contributed by atoms with Crippen LogP contribution in [-0.4, -0.2) is 25.4 Å². The summed E-state index contributed by atoms with van der Waals surface area (Å²) in [5.74, 6) is 1.64. The molecular formula is C13H14N2O2S. The second-order valence-corrected chi connectivity index (χ2v) is 5.16. The minimum Gasteiger partial charge on any atom is -0.454 e. The molecule has 2 heterocycles. The molecule has 0 aliphatic carbocycles. The van der Waals surface area contributed by atoms with Crippen molar-refractivity contribution in [2.24, 2.45) is 0 Å². The Kier molecular flexibility index (Phi) is 3.17. The quantitative estimate of drug-likeness (QED) is 0.918. The molecule has 1 N–H and O–H groups in total. The third kappa shape index (κ3) is 2.19. The average Bonchev–Trinajstić information content (AvgIpc) is 3.04. The third-order valence-electron chi connectivity index (χ3n) is 2.80. The van der Waals surface area contributed by atoms with Gasteiger partial charge in [0.15, 0.2) is 11.5 Å². The van der Waals surface area contributed by atoms with E-state index in [1.54, 1.807) is 11.3 Å². The number of benzene rings is 1. The lowest BCUT2D eigenvalue weighted by Gasteiger charge is -1.99. The van der Waals surface area contributed by atoms with Crippen LogP contribution in [0.1, 0.15) is 5.01 Å². The van der Waals surface area contributed by atoms with Gasteiger partial charge in [-0.1, -0.05) is 0 Å². The van der Waals surface area contributed by atoms with Crippen molar-refractivity contribution in [2.75, 3.05) is 20.4 Å². The van der Waals surface area contributed by atoms with Gasteiger partial charge in [0, 0.05) is 19.2 Å². The van der Waals surface area contributed by atoms with Crippen molar-refractivity contribution in [2.45, 2.75) is 6.42 Å². The molecule has 1 aromatic carbocycles. The zero-order chi connectivity index (χ0) is 12.4. The average molecular weight is 262 g/mol. The van der Waals surface area contributed by atoms with Gasteiger partial charge in [0.1, 0.15) is 0 Å². The summed E-state index contributed by atoms with van der Waals surface area (Å²) in [7, 11) is 1.95. The lowest BCUT2D eigenvalue weighted by atomic mass is 10.2. The number of nitrogens with zero attached hydrogens (tertiary/aromatic N) is 1. The molecule has 5 heteroatoms. The Hall–Kier alpha value is -1.59. The Morgan fingerprint density at radius 1 is 1.33 bits per heavy atom. The predicted octanol–water partition coefficient (Wildman–Crippen LogP) is 2.30. The van der Waals surface area contributed by atoms with E-state index >= 15 is 0 Å². The van der Waals surface area contributed by atoms with E-state index in [4.69, 9.17) is 9.47 Å². The number of ether oxygens (including phenoxy) is 2. The molecule has 0 fully saturated rings. The largest absolute Gasteiger partial charge is 0.454 e. The molecule has 0 bridgehead atoms. The smallest absolute Gasteiger partial charge is 0.231 e. The summed E-state index contributed by atoms with van der Waals surface area (Å²) >= 11 is 1.72. The first kappa shape index (κ1) is 11.5. The third-order valence-corrected chi connectivity index (χ3v) is 3.91. The van der Waals surface area contributed by atoms with Gasteiger partial charge in [0.2, 0.25) is 6.79 Å². The van der Waals surface area contributed by atoms with Crippen LogP contribution in [0.2, 0.25) is 0 Å². The van der Waals surface area contributed by atoms with Crippen LogP contribution in [0.5, 0.6) is 11.5 Å². The second kappa shape index (κ2) is 4.96. The van der Waals surface area contributed by atoms with Gasteiger partial charge in [-0.25, -0.2) is 4.98 Å². The molecule has 1 aromatic heterocycles. The maximum absolute atomic E-state index is 5.38. The molecule has 1 aliphatic heterocycles. The van der Waals surface area contributed by atoms with Crippen LogP contribution in [0.15, 0.2) is 24.4 Å². The van der Waals surface area contributed by atoms with E-state index in [-0.39, 0.29) is 0 Å². The molecule has 18 heavy (non-hydrogen) atoms. The summed E-state index contributed by atoms with van der Waals surface area (Å²) in [6, 6.07) is 6.01. The minimum atomic E-state index is 0.314. The van der Waals surface area contributed by atoms with Gasteiger partial charge in [-0.05, 0) is 30.8 Å². The van der Waals surface area contributed by atoms with Crippen molar-refractivity contribution >= 4 is 11.3 Å². The van der Waals surface area contributed by atoms with Crippen LogP contribution >= 0.6 is 11.3 Å². The monoisotopic (exact) mass is 262 g/mol. The molecule has 1 aliphatic rings. The van der Waals surface area contributed by atoms with Crippen LogP contribution in [0.25, 0.3) is 10.4 Å². The van der Waals surface area contributed by atoms with Crippen molar-refractivity contribution in [3.63, 3.8) is 0 Å². The Labute approximate surface area is 110 Å². The summed E-state index contributed by atoms with van der Waals surface area (Å²) in [4.78, 5) is 5.60. The van der Waals surface area contributed by atoms with Gasteiger partial charge in [-0.2, -0.15) is 0 Å². The normalized spacial score (nSPS) is 12.9. The Balaban J connectivity index is 1.83. The van der Waals surface area contributed by atoms with Crippen LogP contribution in [-0.2, 0) is 6.42 Å². The van der Waals surface area contributed by atoms with Gasteiger partial charge >= 0.3 is 0 Å². The maximum atomic E-state index is 5.38. The highest BCUT2D eigenvalue weighted by Gasteiger charge is 2.14. The number of rotatable bonds is 4. The maximum Gasteiger partial charge on any atom is 0.231 e. The van der Waals surface area contributed by atoms with E-state index < -0.39 is 0 Å². The number of thiazole rings is 1. The van der Waals surface area contributed by atoms with Crippen molar-refractivity contribution < 1.29 is 9.47 Å². The molecule has 0 atom stereocenters.